The molecule has 1 aromatic rings. The zero-order valence-corrected chi connectivity index (χ0v) is 20.9. The first kappa shape index (κ1) is 26.9. The number of carbonyl (C=O) groups excluding carboxylic acids is 1. The van der Waals surface area contributed by atoms with Crippen LogP contribution < -0.4 is 5.73 Å². The minimum Gasteiger partial charge on any atom is -0.383 e. The van der Waals surface area contributed by atoms with Crippen molar-refractivity contribution >= 4 is 15.9 Å². The molecule has 0 radical (unpaired) electrons. The molecule has 2 heterocycles. The van der Waals surface area contributed by atoms with Gasteiger partial charge in [0.1, 0.15) is 5.82 Å². The Hall–Kier alpha value is -1.69. The first-order chi connectivity index (χ1) is 15.8. The van der Waals surface area contributed by atoms with Gasteiger partial charge in [0.25, 0.3) is 0 Å². The molecule has 0 aromatic heterocycles. The summed E-state index contributed by atoms with van der Waals surface area (Å²) in [6.07, 6.45) is 2.60. The zero-order valence-electron chi connectivity index (χ0n) is 20.1. The van der Waals surface area contributed by atoms with Gasteiger partial charge in [0.15, 0.2) is 16.4 Å². The number of ether oxygens (including phenoxy) is 1. The number of rotatable bonds is 9. The quantitative estimate of drug-likeness (QED) is 0.521. The fraction of sp³-hybridized carbons (Fsp3) is 0.696. The second-order valence-corrected chi connectivity index (χ2v) is 12.5. The summed E-state index contributed by atoms with van der Waals surface area (Å²) < 4.78 is 71.7. The predicted octanol–water partition coefficient (Wildman–Crippen LogP) is 2.43. The highest BCUT2D eigenvalue weighted by molar-refractivity contribution is 7.91. The van der Waals surface area contributed by atoms with Gasteiger partial charge >= 0.3 is 0 Å². The van der Waals surface area contributed by atoms with Gasteiger partial charge < -0.3 is 15.4 Å². The molecule has 2 fully saturated rings. The largest absolute Gasteiger partial charge is 0.383 e. The van der Waals surface area contributed by atoms with Gasteiger partial charge in [-0.3, -0.25) is 4.79 Å². The van der Waals surface area contributed by atoms with E-state index in [0.29, 0.717) is 18.9 Å². The highest BCUT2D eigenvalue weighted by Gasteiger charge is 2.53. The third kappa shape index (κ3) is 4.98. The van der Waals surface area contributed by atoms with Crippen molar-refractivity contribution in [2.24, 2.45) is 11.7 Å². The number of hydrogen-bond donors (Lipinski definition) is 1. The fourth-order valence-electron chi connectivity index (χ4n) is 5.19. The van der Waals surface area contributed by atoms with Crippen molar-refractivity contribution in [2.75, 3.05) is 27.3 Å². The minimum absolute atomic E-state index is 0.0172. The third-order valence-corrected chi connectivity index (χ3v) is 9.80. The summed E-state index contributed by atoms with van der Waals surface area (Å²) in [4.78, 5) is 15.2. The highest BCUT2D eigenvalue weighted by Crippen LogP contribution is 2.42. The lowest BCUT2D eigenvalue weighted by atomic mass is 9.82. The van der Waals surface area contributed by atoms with Crippen molar-refractivity contribution in [1.82, 2.24) is 9.21 Å². The first-order valence-corrected chi connectivity index (χ1v) is 12.9. The number of benzene rings is 1. The van der Waals surface area contributed by atoms with Crippen molar-refractivity contribution in [3.63, 3.8) is 0 Å². The standard InChI is InChI=1S/C23H34F3N3O4S/c1-23(2,34(31,32)28(3)7-8-33-4)22(30)29-16-5-6-17(29)10-15(9-16)21(27)12-14-11-19(25)20(26)13-18(14)24/h11,13,15-17,21H,5-10,12,27H2,1-4H3/t15?,16?,17?,21-/m1/s1. The van der Waals surface area contributed by atoms with Gasteiger partial charge in [0, 0.05) is 44.9 Å². The van der Waals surface area contributed by atoms with Crippen molar-refractivity contribution < 1.29 is 31.1 Å². The van der Waals surface area contributed by atoms with Crippen molar-refractivity contribution in [3.05, 3.63) is 35.1 Å². The van der Waals surface area contributed by atoms with Crippen LogP contribution in [0.2, 0.25) is 0 Å². The average molecular weight is 506 g/mol. The molecule has 34 heavy (non-hydrogen) atoms. The van der Waals surface area contributed by atoms with Gasteiger partial charge in [-0.1, -0.05) is 0 Å². The van der Waals surface area contributed by atoms with Crippen molar-refractivity contribution in [2.45, 2.75) is 68.8 Å². The van der Waals surface area contributed by atoms with Gasteiger partial charge in [-0.05, 0) is 63.5 Å². The lowest BCUT2D eigenvalue weighted by Crippen LogP contribution is -2.59. The van der Waals surface area contributed by atoms with E-state index in [1.807, 2.05) is 0 Å². The molecule has 0 spiro atoms. The molecule has 11 heteroatoms. The smallest absolute Gasteiger partial charge is 0.245 e. The lowest BCUT2D eigenvalue weighted by Gasteiger charge is -2.44. The molecule has 2 N–H and O–H groups in total. The summed E-state index contributed by atoms with van der Waals surface area (Å²) in [5.74, 6) is -3.70. The SMILES string of the molecule is COCCN(C)S(=O)(=O)C(C)(C)C(=O)N1C2CCC1CC([C@H](N)Cc1cc(F)c(F)cc1F)C2. The second-order valence-electron chi connectivity index (χ2n) is 9.88. The topological polar surface area (TPSA) is 92.9 Å². The summed E-state index contributed by atoms with van der Waals surface area (Å²) in [6, 6.07) is 0.517. The maximum atomic E-state index is 14.1. The van der Waals surface area contributed by atoms with Crippen LogP contribution in [0.25, 0.3) is 0 Å². The Kier molecular flexibility index (Phi) is 8.01. The van der Waals surface area contributed by atoms with Crippen LogP contribution in [0, 0.1) is 23.4 Å². The van der Waals surface area contributed by atoms with Gasteiger partial charge in [0.2, 0.25) is 15.9 Å². The summed E-state index contributed by atoms with van der Waals surface area (Å²) >= 11 is 0. The predicted molar refractivity (Wildman–Crippen MR) is 122 cm³/mol. The summed E-state index contributed by atoms with van der Waals surface area (Å²) in [5.41, 5.74) is 6.37. The van der Waals surface area contributed by atoms with Crippen LogP contribution >= 0.6 is 0 Å². The fourth-order valence-corrected chi connectivity index (χ4v) is 6.61. The van der Waals surface area contributed by atoms with E-state index in [4.69, 9.17) is 10.5 Å². The number of nitrogens with two attached hydrogens (primary N) is 1. The van der Waals surface area contributed by atoms with E-state index < -0.39 is 44.2 Å². The van der Waals surface area contributed by atoms with Crippen LogP contribution in [0.5, 0.6) is 0 Å². The number of fused-ring (bicyclic) bond motifs is 2. The van der Waals surface area contributed by atoms with Gasteiger partial charge in [-0.2, -0.15) is 0 Å². The lowest BCUT2D eigenvalue weighted by molar-refractivity contribution is -0.138. The number of carbonyl (C=O) groups is 1. The van der Waals surface area contributed by atoms with E-state index in [2.05, 4.69) is 0 Å². The van der Waals surface area contributed by atoms with Crippen molar-refractivity contribution in [3.8, 4) is 0 Å². The number of sulfonamides is 1. The highest BCUT2D eigenvalue weighted by atomic mass is 32.2. The van der Waals surface area contributed by atoms with E-state index in [1.54, 1.807) is 4.90 Å². The van der Waals surface area contributed by atoms with Gasteiger partial charge in [-0.15, -0.1) is 0 Å². The maximum Gasteiger partial charge on any atom is 0.245 e. The summed E-state index contributed by atoms with van der Waals surface area (Å²) in [5, 5.41) is 0. The molecule has 7 nitrogen and oxygen atoms in total. The number of amides is 1. The van der Waals surface area contributed by atoms with E-state index in [1.165, 1.54) is 28.0 Å². The molecule has 2 aliphatic heterocycles. The Morgan fingerprint density at radius 1 is 1.18 bits per heavy atom. The number of methoxy groups -OCH3 is 1. The molecular weight excluding hydrogens is 471 g/mol. The Balaban J connectivity index is 1.72. The Labute approximate surface area is 199 Å². The molecule has 1 aromatic carbocycles. The molecule has 2 unspecified atom stereocenters. The molecule has 2 saturated heterocycles. The van der Waals surface area contributed by atoms with Crippen LogP contribution in [-0.4, -0.2) is 73.7 Å². The maximum absolute atomic E-state index is 14.1. The monoisotopic (exact) mass is 505 g/mol. The molecule has 3 atom stereocenters. The van der Waals surface area contributed by atoms with E-state index in [-0.39, 0.29) is 43.1 Å². The van der Waals surface area contributed by atoms with Crippen LogP contribution in [0.15, 0.2) is 12.1 Å². The summed E-state index contributed by atoms with van der Waals surface area (Å²) in [6.45, 7) is 3.21. The minimum atomic E-state index is -3.93. The van der Waals surface area contributed by atoms with Crippen LogP contribution in [-0.2, 0) is 26.0 Å². The second kappa shape index (κ2) is 10.1. The van der Waals surface area contributed by atoms with Crippen molar-refractivity contribution in [1.29, 1.82) is 0 Å². The first-order valence-electron chi connectivity index (χ1n) is 11.5. The van der Waals surface area contributed by atoms with Crippen LogP contribution in [0.4, 0.5) is 13.2 Å². The van der Waals surface area contributed by atoms with Gasteiger partial charge in [0.05, 0.1) is 6.61 Å². The molecule has 0 saturated carbocycles. The Morgan fingerprint density at radius 2 is 1.74 bits per heavy atom. The normalized spacial score (nSPS) is 24.0. The van der Waals surface area contributed by atoms with Gasteiger partial charge in [-0.25, -0.2) is 25.9 Å². The average Bonchev–Trinajstić information content (AvgIpc) is 3.03. The Bertz CT molecular complexity index is 1010. The molecule has 2 bridgehead atoms. The number of nitrogens with zero attached hydrogens (tertiary/aromatic N) is 2. The Morgan fingerprint density at radius 3 is 2.29 bits per heavy atom. The van der Waals surface area contributed by atoms with Crippen LogP contribution in [0.1, 0.15) is 45.1 Å². The molecule has 192 valence electrons. The van der Waals surface area contributed by atoms with E-state index in [0.717, 1.165) is 23.2 Å². The zero-order chi connectivity index (χ0) is 25.4. The molecular formula is C23H34F3N3O4S. The molecule has 3 rings (SSSR count). The summed E-state index contributed by atoms with van der Waals surface area (Å²) in [7, 11) is -1.02. The van der Waals surface area contributed by atoms with E-state index >= 15 is 0 Å². The molecule has 2 aliphatic rings. The number of halogens is 3. The molecule has 0 aliphatic carbocycles. The number of piperidine rings is 1. The number of hydrogen-bond acceptors (Lipinski definition) is 5. The van der Waals surface area contributed by atoms with Crippen LogP contribution in [0.3, 0.4) is 0 Å². The van der Waals surface area contributed by atoms with E-state index in [9.17, 15) is 26.4 Å². The molecule has 1 amide bonds. The number of likely N-dealkylation sites (N-methyl/N-ethyl adjacent to an activating group) is 1. The third-order valence-electron chi connectivity index (χ3n) is 7.34.